The summed E-state index contributed by atoms with van der Waals surface area (Å²) in [5.74, 6) is 0. The van der Waals surface area contributed by atoms with E-state index in [-0.39, 0.29) is 0 Å². The maximum atomic E-state index is 3.61. The number of allylic oxidation sites excluding steroid dienone is 2. The van der Waals surface area contributed by atoms with Crippen LogP contribution in [0.25, 0.3) is 34.4 Å². The normalized spacial score (nSPS) is 19.7. The third-order valence-corrected chi connectivity index (χ3v) is 38.4. The van der Waals surface area contributed by atoms with E-state index in [9.17, 15) is 0 Å². The van der Waals surface area contributed by atoms with E-state index in [0.29, 0.717) is 7.35 Å². The van der Waals surface area contributed by atoms with Gasteiger partial charge in [0, 0.05) is 0 Å². The first-order valence-corrected chi connectivity index (χ1v) is 28.7. The van der Waals surface area contributed by atoms with Gasteiger partial charge in [0.15, 0.2) is 0 Å². The van der Waals surface area contributed by atoms with E-state index in [4.69, 9.17) is 0 Å². The average molecular weight is 803 g/mol. The van der Waals surface area contributed by atoms with Crippen molar-refractivity contribution in [2.45, 2.75) is 36.0 Å². The quantitative estimate of drug-likeness (QED) is 0.180. The molecule has 0 spiro atoms. The standard InChI is InChI=1S/2C15H10Br.C4H6.2CH3.Hf/c2*16-13-9-7-12(8-10-13)15-6-2-4-11-3-1-5-14(11)15;1-2-4-3-1;;;/h2*1-10H;1-3H2;2*1H3;. The number of rotatable bonds is 4. The second-order valence-electron chi connectivity index (χ2n) is 12.4. The third kappa shape index (κ3) is 4.02. The second kappa shape index (κ2) is 9.57. The Morgan fingerprint density at radius 1 is 0.590 bits per heavy atom. The van der Waals surface area contributed by atoms with Crippen LogP contribution >= 0.6 is 31.9 Å². The molecule has 0 saturated heterocycles. The molecule has 0 amide bonds. The molecule has 4 aromatic rings. The fraction of sp³-hybridized carbons (Fsp3) is 0.194. The minimum atomic E-state index is -3.81. The monoisotopic (exact) mass is 802 g/mol. The van der Waals surface area contributed by atoms with Gasteiger partial charge in [-0.05, 0) is 0 Å². The van der Waals surface area contributed by atoms with E-state index < -0.39 is 18.0 Å². The van der Waals surface area contributed by atoms with Crippen molar-refractivity contribution in [2.75, 3.05) is 0 Å². The fourth-order valence-electron chi connectivity index (χ4n) is 7.76. The van der Waals surface area contributed by atoms with Gasteiger partial charge in [-0.2, -0.15) is 0 Å². The Morgan fingerprint density at radius 2 is 1.03 bits per heavy atom. The summed E-state index contributed by atoms with van der Waals surface area (Å²) in [6.45, 7) is 0. The van der Waals surface area contributed by atoms with Crippen molar-refractivity contribution in [3.63, 3.8) is 0 Å². The molecule has 39 heavy (non-hydrogen) atoms. The Kier molecular flexibility index (Phi) is 6.38. The summed E-state index contributed by atoms with van der Waals surface area (Å²) in [5, 5.41) is 0. The molecular weight excluding hydrogens is 771 g/mol. The van der Waals surface area contributed by atoms with Gasteiger partial charge in [0.2, 0.25) is 0 Å². The summed E-state index contributed by atoms with van der Waals surface area (Å²) >= 11 is 3.41. The number of hydrogen-bond donors (Lipinski definition) is 0. The van der Waals surface area contributed by atoms with Gasteiger partial charge in [0.25, 0.3) is 0 Å². The summed E-state index contributed by atoms with van der Waals surface area (Å²) < 4.78 is 10.8. The number of fused-ring (bicyclic) bond motifs is 2. The summed E-state index contributed by atoms with van der Waals surface area (Å²) in [6.07, 6.45) is 14.1. The van der Waals surface area contributed by atoms with Gasteiger partial charge in [-0.1, -0.05) is 0 Å². The molecule has 0 radical (unpaired) electrons. The van der Waals surface area contributed by atoms with Crippen LogP contribution in [0.5, 0.6) is 0 Å². The van der Waals surface area contributed by atoms with Crippen molar-refractivity contribution in [2.24, 2.45) is 0 Å². The molecule has 1 fully saturated rings. The van der Waals surface area contributed by atoms with Crippen LogP contribution in [0, 0.1) is 0 Å². The summed E-state index contributed by atoms with van der Waals surface area (Å²) in [4.78, 5) is 0. The van der Waals surface area contributed by atoms with Crippen LogP contribution < -0.4 is 0 Å². The van der Waals surface area contributed by atoms with E-state index >= 15 is 0 Å². The zero-order chi connectivity index (χ0) is 26.8. The van der Waals surface area contributed by atoms with Gasteiger partial charge in [0.1, 0.15) is 0 Å². The van der Waals surface area contributed by atoms with Crippen LogP contribution in [0.1, 0.15) is 48.9 Å². The first kappa shape index (κ1) is 26.0. The molecule has 0 N–H and O–H groups in total. The Balaban J connectivity index is 1.39. The molecule has 194 valence electrons. The van der Waals surface area contributed by atoms with Crippen LogP contribution in [0.3, 0.4) is 0 Å². The first-order valence-electron chi connectivity index (χ1n) is 14.0. The van der Waals surface area contributed by atoms with Crippen molar-refractivity contribution in [1.29, 1.82) is 0 Å². The predicted octanol–water partition coefficient (Wildman–Crippen LogP) is 11.5. The van der Waals surface area contributed by atoms with Gasteiger partial charge >= 0.3 is 252 Å². The molecule has 2 unspecified atom stereocenters. The zero-order valence-corrected chi connectivity index (χ0v) is 29.2. The molecule has 0 heterocycles. The molecule has 3 aliphatic rings. The Hall–Kier alpha value is -1.94. The molecule has 7 rings (SSSR count). The average Bonchev–Trinajstić information content (AvgIpc) is 3.54. The minimum absolute atomic E-state index is 0.527. The van der Waals surface area contributed by atoms with Gasteiger partial charge in [0.05, 0.1) is 0 Å². The molecule has 0 nitrogen and oxygen atoms in total. The van der Waals surface area contributed by atoms with E-state index in [2.05, 4.69) is 150 Å². The Labute approximate surface area is 249 Å². The molecule has 3 aliphatic carbocycles. The molecule has 1 saturated carbocycles. The van der Waals surface area contributed by atoms with Crippen LogP contribution in [0.15, 0.2) is 106 Å². The Bertz CT molecular complexity index is 1620. The molecule has 0 aliphatic heterocycles. The summed E-state index contributed by atoms with van der Waals surface area (Å²) in [6, 6.07) is 31.7. The Morgan fingerprint density at radius 3 is 1.41 bits per heavy atom. The van der Waals surface area contributed by atoms with Crippen molar-refractivity contribution >= 4 is 47.3 Å². The van der Waals surface area contributed by atoms with Gasteiger partial charge in [-0.15, -0.1) is 0 Å². The van der Waals surface area contributed by atoms with E-state index in [0.717, 1.165) is 8.95 Å². The summed E-state index contributed by atoms with van der Waals surface area (Å²) in [5.41, 5.74) is 11.3. The molecular formula is C36H32Br2Hf. The van der Waals surface area contributed by atoms with Crippen LogP contribution in [-0.4, -0.2) is 3.26 Å². The van der Waals surface area contributed by atoms with Crippen molar-refractivity contribution < 1.29 is 18.0 Å². The number of benzene rings is 4. The van der Waals surface area contributed by atoms with Crippen molar-refractivity contribution in [3.05, 3.63) is 128 Å². The number of halogens is 2. The number of hydrogen-bond acceptors (Lipinski definition) is 0. The molecule has 3 heteroatoms. The van der Waals surface area contributed by atoms with Crippen molar-refractivity contribution in [1.82, 2.24) is 0 Å². The first-order chi connectivity index (χ1) is 18.8. The van der Waals surface area contributed by atoms with E-state index in [1.54, 1.807) is 11.1 Å². The second-order valence-corrected chi connectivity index (χ2v) is 40.0. The predicted molar refractivity (Wildman–Crippen MR) is 173 cm³/mol. The maximum absolute atomic E-state index is 3.81. The van der Waals surface area contributed by atoms with Crippen LogP contribution in [0.2, 0.25) is 9.36 Å². The zero-order valence-electron chi connectivity index (χ0n) is 22.4. The molecule has 2 atom stereocenters. The molecule has 0 bridgehead atoms. The van der Waals surface area contributed by atoms with E-state index in [1.165, 1.54) is 52.6 Å². The molecule has 0 aromatic heterocycles. The van der Waals surface area contributed by atoms with Gasteiger partial charge in [-0.25, -0.2) is 0 Å². The van der Waals surface area contributed by atoms with Crippen molar-refractivity contribution in [3.8, 4) is 22.3 Å². The summed E-state index contributed by atoms with van der Waals surface area (Å²) in [7, 11) is 0. The molecule has 4 aromatic carbocycles. The van der Waals surface area contributed by atoms with Crippen LogP contribution in [0.4, 0.5) is 0 Å². The van der Waals surface area contributed by atoms with E-state index in [1.807, 2.05) is 3.26 Å². The SMILES string of the molecule is [CH3][Hf]([CH3])(=[C]1CCC1)([CH]1C=Cc2c(-c3ccc(Br)cc3)cccc21)[CH]1C=Cc2c(-c3ccc(Br)cc3)cccc21. The fourth-order valence-corrected chi connectivity index (χ4v) is 33.4. The van der Waals surface area contributed by atoms with Crippen LogP contribution in [-0.2, 0) is 18.0 Å². The van der Waals surface area contributed by atoms with Gasteiger partial charge in [-0.3, -0.25) is 0 Å². The van der Waals surface area contributed by atoms with Gasteiger partial charge < -0.3 is 0 Å². The third-order valence-electron chi connectivity index (χ3n) is 10.2. The topological polar surface area (TPSA) is 0 Å².